The molecule has 0 fully saturated rings. The van der Waals surface area contributed by atoms with Crippen LogP contribution in [0.15, 0.2) is 34.9 Å². The highest BCUT2D eigenvalue weighted by atomic mass is 16.5. The van der Waals surface area contributed by atoms with Gasteiger partial charge in [-0.2, -0.15) is 4.98 Å². The van der Waals surface area contributed by atoms with Crippen LogP contribution in [0.4, 0.5) is 0 Å². The number of benzene rings is 1. The maximum atomic E-state index is 9.33. The van der Waals surface area contributed by atoms with Crippen LogP contribution >= 0.6 is 0 Å². The summed E-state index contributed by atoms with van der Waals surface area (Å²) in [7, 11) is 1.89. The number of rotatable bonds is 8. The molecular formula is C16H23N3O3. The molecule has 0 aliphatic carbocycles. The van der Waals surface area contributed by atoms with E-state index in [4.69, 9.17) is 4.52 Å². The second kappa shape index (κ2) is 7.49. The molecule has 0 bridgehead atoms. The third-order valence-electron chi connectivity index (χ3n) is 3.54. The van der Waals surface area contributed by atoms with Gasteiger partial charge in [-0.05, 0) is 12.6 Å². The molecule has 120 valence electrons. The maximum Gasteiger partial charge on any atom is 0.240 e. The van der Waals surface area contributed by atoms with E-state index in [1.54, 1.807) is 0 Å². The van der Waals surface area contributed by atoms with Crippen LogP contribution in [-0.2, 0) is 13.0 Å². The van der Waals surface area contributed by atoms with Gasteiger partial charge in [0.1, 0.15) is 0 Å². The fraction of sp³-hybridized carbons (Fsp3) is 0.500. The van der Waals surface area contributed by atoms with Crippen molar-refractivity contribution in [3.8, 4) is 0 Å². The third-order valence-corrected chi connectivity index (χ3v) is 3.54. The molecule has 2 N–H and O–H groups in total. The molecular weight excluding hydrogens is 282 g/mol. The average molecular weight is 305 g/mol. The number of nitrogens with zero attached hydrogens (tertiary/aromatic N) is 3. The first-order valence-electron chi connectivity index (χ1n) is 7.30. The van der Waals surface area contributed by atoms with Gasteiger partial charge in [0.25, 0.3) is 0 Å². The van der Waals surface area contributed by atoms with Crippen LogP contribution in [0.2, 0.25) is 0 Å². The number of hydrogen-bond donors (Lipinski definition) is 2. The van der Waals surface area contributed by atoms with E-state index in [1.165, 1.54) is 0 Å². The van der Waals surface area contributed by atoms with Crippen LogP contribution < -0.4 is 0 Å². The highest BCUT2D eigenvalue weighted by Gasteiger charge is 2.25. The Labute approximate surface area is 130 Å². The van der Waals surface area contributed by atoms with Gasteiger partial charge >= 0.3 is 0 Å². The Morgan fingerprint density at radius 1 is 1.18 bits per heavy atom. The van der Waals surface area contributed by atoms with Gasteiger partial charge in [-0.25, -0.2) is 0 Å². The molecule has 1 aromatic heterocycles. The predicted molar refractivity (Wildman–Crippen MR) is 82.2 cm³/mol. The summed E-state index contributed by atoms with van der Waals surface area (Å²) in [5.74, 6) is 1.19. The first-order valence-corrected chi connectivity index (χ1v) is 7.30. The van der Waals surface area contributed by atoms with Gasteiger partial charge in [-0.1, -0.05) is 42.4 Å². The minimum absolute atomic E-state index is 0.0725. The van der Waals surface area contributed by atoms with Crippen molar-refractivity contribution in [3.05, 3.63) is 47.6 Å². The van der Waals surface area contributed by atoms with Crippen LogP contribution in [0, 0.1) is 5.41 Å². The number of aliphatic hydroxyl groups is 2. The van der Waals surface area contributed by atoms with Gasteiger partial charge in [-0.3, -0.25) is 4.90 Å². The Balaban J connectivity index is 1.91. The van der Waals surface area contributed by atoms with Crippen molar-refractivity contribution >= 4 is 0 Å². The third kappa shape index (κ3) is 4.62. The lowest BCUT2D eigenvalue weighted by Gasteiger charge is -2.29. The molecule has 0 unspecified atom stereocenters. The molecule has 6 nitrogen and oxygen atoms in total. The molecule has 22 heavy (non-hydrogen) atoms. The summed E-state index contributed by atoms with van der Waals surface area (Å²) in [5, 5.41) is 22.7. The van der Waals surface area contributed by atoms with E-state index >= 15 is 0 Å². The lowest BCUT2D eigenvalue weighted by Crippen LogP contribution is -2.38. The summed E-state index contributed by atoms with van der Waals surface area (Å²) in [4.78, 5) is 6.33. The van der Waals surface area contributed by atoms with Crippen molar-refractivity contribution in [3.63, 3.8) is 0 Å². The summed E-state index contributed by atoms with van der Waals surface area (Å²) >= 11 is 0. The van der Waals surface area contributed by atoms with Crippen molar-refractivity contribution in [1.82, 2.24) is 15.0 Å². The van der Waals surface area contributed by atoms with Gasteiger partial charge < -0.3 is 14.7 Å². The Kier molecular flexibility index (Phi) is 5.65. The van der Waals surface area contributed by atoms with E-state index in [0.29, 0.717) is 31.2 Å². The van der Waals surface area contributed by atoms with E-state index in [-0.39, 0.29) is 13.2 Å². The van der Waals surface area contributed by atoms with Crippen LogP contribution in [-0.4, -0.2) is 52.1 Å². The standard InChI is InChI=1S/C16H23N3O3/c1-16(11-20,12-21)10-19(2)9-15-17-14(18-22-15)8-13-6-4-3-5-7-13/h3-7,20-21H,8-12H2,1-2H3. The van der Waals surface area contributed by atoms with Gasteiger partial charge in [0.15, 0.2) is 5.82 Å². The van der Waals surface area contributed by atoms with E-state index in [2.05, 4.69) is 10.1 Å². The van der Waals surface area contributed by atoms with Crippen molar-refractivity contribution in [2.45, 2.75) is 19.9 Å². The maximum absolute atomic E-state index is 9.33. The molecule has 2 aromatic rings. The van der Waals surface area contributed by atoms with Crippen LogP contribution in [0.5, 0.6) is 0 Å². The van der Waals surface area contributed by atoms with E-state index < -0.39 is 5.41 Å². The Morgan fingerprint density at radius 2 is 1.86 bits per heavy atom. The molecule has 0 spiro atoms. The van der Waals surface area contributed by atoms with Crippen LogP contribution in [0.1, 0.15) is 24.2 Å². The summed E-state index contributed by atoms with van der Waals surface area (Å²) in [6.07, 6.45) is 0.638. The number of aliphatic hydroxyl groups excluding tert-OH is 2. The topological polar surface area (TPSA) is 82.6 Å². The molecule has 0 aliphatic heterocycles. The molecule has 0 aliphatic rings. The molecule has 6 heteroatoms. The lowest BCUT2D eigenvalue weighted by molar-refractivity contribution is 0.0378. The smallest absolute Gasteiger partial charge is 0.240 e. The Bertz CT molecular complexity index is 567. The normalized spacial score (nSPS) is 12.0. The highest BCUT2D eigenvalue weighted by molar-refractivity contribution is 5.18. The van der Waals surface area contributed by atoms with Gasteiger partial charge in [0.2, 0.25) is 5.89 Å². The van der Waals surface area contributed by atoms with Crippen molar-refractivity contribution in [1.29, 1.82) is 0 Å². The highest BCUT2D eigenvalue weighted by Crippen LogP contribution is 2.16. The van der Waals surface area contributed by atoms with Gasteiger partial charge in [0.05, 0.1) is 19.8 Å². The molecule has 0 radical (unpaired) electrons. The fourth-order valence-corrected chi connectivity index (χ4v) is 2.29. The first-order chi connectivity index (χ1) is 10.5. The number of hydrogen-bond acceptors (Lipinski definition) is 6. The molecule has 0 atom stereocenters. The molecule has 0 saturated heterocycles. The number of aromatic nitrogens is 2. The first kappa shape index (κ1) is 16.6. The predicted octanol–water partition coefficient (Wildman–Crippen LogP) is 1.08. The minimum atomic E-state index is -0.540. The minimum Gasteiger partial charge on any atom is -0.396 e. The van der Waals surface area contributed by atoms with Crippen molar-refractivity contribution in [2.24, 2.45) is 5.41 Å². The van der Waals surface area contributed by atoms with Gasteiger partial charge in [-0.15, -0.1) is 0 Å². The second-order valence-corrected chi connectivity index (χ2v) is 6.07. The molecule has 2 rings (SSSR count). The average Bonchev–Trinajstić information content (AvgIpc) is 2.95. The molecule has 0 amide bonds. The summed E-state index contributed by atoms with van der Waals surface area (Å²) in [6.45, 7) is 2.71. The van der Waals surface area contributed by atoms with Crippen LogP contribution in [0.3, 0.4) is 0 Å². The van der Waals surface area contributed by atoms with Crippen molar-refractivity contribution in [2.75, 3.05) is 26.8 Å². The van der Waals surface area contributed by atoms with Crippen molar-refractivity contribution < 1.29 is 14.7 Å². The largest absolute Gasteiger partial charge is 0.396 e. The van der Waals surface area contributed by atoms with E-state index in [9.17, 15) is 10.2 Å². The Hall–Kier alpha value is -1.76. The Morgan fingerprint density at radius 3 is 2.50 bits per heavy atom. The van der Waals surface area contributed by atoms with Gasteiger partial charge in [0, 0.05) is 18.4 Å². The lowest BCUT2D eigenvalue weighted by atomic mass is 9.92. The monoisotopic (exact) mass is 305 g/mol. The van der Waals surface area contributed by atoms with Crippen LogP contribution in [0.25, 0.3) is 0 Å². The summed E-state index contributed by atoms with van der Waals surface area (Å²) < 4.78 is 5.26. The zero-order valence-corrected chi connectivity index (χ0v) is 13.1. The second-order valence-electron chi connectivity index (χ2n) is 6.07. The van der Waals surface area contributed by atoms with E-state index in [1.807, 2.05) is 49.2 Å². The summed E-state index contributed by atoms with van der Waals surface area (Å²) in [5.41, 5.74) is 0.595. The zero-order valence-electron chi connectivity index (χ0n) is 13.1. The molecule has 1 heterocycles. The summed E-state index contributed by atoms with van der Waals surface area (Å²) in [6, 6.07) is 9.98. The molecule has 1 aromatic carbocycles. The fourth-order valence-electron chi connectivity index (χ4n) is 2.29. The quantitative estimate of drug-likeness (QED) is 0.759. The zero-order chi connectivity index (χ0) is 16.0. The van der Waals surface area contributed by atoms with E-state index in [0.717, 1.165) is 5.56 Å². The SMILES string of the molecule is CN(Cc1nc(Cc2ccccc2)no1)CC(C)(CO)CO. The molecule has 0 saturated carbocycles.